The Bertz CT molecular complexity index is 1020. The maximum Gasteiger partial charge on any atom is 0.193 e. The highest BCUT2D eigenvalue weighted by atomic mass is 16.5. The predicted octanol–water partition coefficient (Wildman–Crippen LogP) is 4.74. The second kappa shape index (κ2) is 10.1. The van der Waals surface area contributed by atoms with Crippen molar-refractivity contribution in [3.05, 3.63) is 52.1 Å². The number of allylic oxidation sites excluding steroid dienone is 1. The highest BCUT2D eigenvalue weighted by molar-refractivity contribution is 6.11. The Labute approximate surface area is 190 Å². The van der Waals surface area contributed by atoms with Gasteiger partial charge < -0.3 is 24.2 Å². The fourth-order valence-electron chi connectivity index (χ4n) is 4.52. The third kappa shape index (κ3) is 4.75. The van der Waals surface area contributed by atoms with Crippen LogP contribution < -0.4 is 14.2 Å². The molecular formula is C26H33NO5. The highest BCUT2D eigenvalue weighted by Crippen LogP contribution is 2.42. The number of carbonyl (C=O) groups excluding carboxylic acids is 1. The maximum atomic E-state index is 13.3. The summed E-state index contributed by atoms with van der Waals surface area (Å²) in [6, 6.07) is 5.34. The van der Waals surface area contributed by atoms with Gasteiger partial charge in [0.2, 0.25) is 0 Å². The van der Waals surface area contributed by atoms with Gasteiger partial charge in [-0.3, -0.25) is 4.79 Å². The molecule has 1 heterocycles. The molecule has 0 amide bonds. The number of piperidine rings is 1. The zero-order valence-electron chi connectivity index (χ0n) is 19.8. The van der Waals surface area contributed by atoms with E-state index in [2.05, 4.69) is 11.9 Å². The molecule has 0 saturated carbocycles. The van der Waals surface area contributed by atoms with E-state index >= 15 is 0 Å². The summed E-state index contributed by atoms with van der Waals surface area (Å²) >= 11 is 0. The number of hydrogen-bond acceptors (Lipinski definition) is 6. The number of phenols is 1. The van der Waals surface area contributed by atoms with Crippen LogP contribution in [0.5, 0.6) is 23.0 Å². The molecule has 6 heteroatoms. The second-order valence-corrected chi connectivity index (χ2v) is 8.37. The van der Waals surface area contributed by atoms with E-state index in [0.29, 0.717) is 23.2 Å². The van der Waals surface area contributed by atoms with Gasteiger partial charge in [0.1, 0.15) is 28.6 Å². The Hall–Kier alpha value is -2.99. The summed E-state index contributed by atoms with van der Waals surface area (Å²) in [6.45, 7) is 5.88. The van der Waals surface area contributed by atoms with Crippen LogP contribution in [-0.2, 0) is 0 Å². The van der Waals surface area contributed by atoms with E-state index in [4.69, 9.17) is 14.2 Å². The van der Waals surface area contributed by atoms with Gasteiger partial charge in [-0.15, -0.1) is 0 Å². The van der Waals surface area contributed by atoms with Gasteiger partial charge in [-0.2, -0.15) is 0 Å². The van der Waals surface area contributed by atoms with Gasteiger partial charge in [0.25, 0.3) is 0 Å². The lowest BCUT2D eigenvalue weighted by atomic mass is 9.84. The van der Waals surface area contributed by atoms with Crippen molar-refractivity contribution < 1.29 is 24.1 Å². The number of rotatable bonds is 7. The molecule has 2 aromatic rings. The molecule has 0 atom stereocenters. The summed E-state index contributed by atoms with van der Waals surface area (Å²) in [5.74, 6) is 1.68. The van der Waals surface area contributed by atoms with Crippen LogP contribution in [0, 0.1) is 13.8 Å². The number of ether oxygens (including phenoxy) is 3. The lowest BCUT2D eigenvalue weighted by Gasteiger charge is -2.31. The molecule has 0 bridgehead atoms. The van der Waals surface area contributed by atoms with E-state index in [1.807, 2.05) is 19.9 Å². The number of hydrogen-bond donors (Lipinski definition) is 1. The van der Waals surface area contributed by atoms with Gasteiger partial charge in [-0.1, -0.05) is 0 Å². The largest absolute Gasteiger partial charge is 0.507 e. The minimum Gasteiger partial charge on any atom is -0.507 e. The normalized spacial score (nSPS) is 15.2. The summed E-state index contributed by atoms with van der Waals surface area (Å²) < 4.78 is 16.5. The Morgan fingerprint density at radius 1 is 1.03 bits per heavy atom. The number of nitrogens with zero attached hydrogens (tertiary/aromatic N) is 1. The topological polar surface area (TPSA) is 68.2 Å². The molecule has 0 spiro atoms. The van der Waals surface area contributed by atoms with Crippen molar-refractivity contribution in [2.75, 3.05) is 41.5 Å². The molecule has 1 fully saturated rings. The summed E-state index contributed by atoms with van der Waals surface area (Å²) in [5.41, 5.74) is 3.86. The van der Waals surface area contributed by atoms with Crippen molar-refractivity contribution >= 4 is 11.9 Å². The zero-order chi connectivity index (χ0) is 23.4. The molecule has 0 aliphatic carbocycles. The van der Waals surface area contributed by atoms with Crippen molar-refractivity contribution in [3.63, 3.8) is 0 Å². The summed E-state index contributed by atoms with van der Waals surface area (Å²) in [4.78, 5) is 15.6. The van der Waals surface area contributed by atoms with Crippen molar-refractivity contribution in [1.29, 1.82) is 0 Å². The average Bonchev–Trinajstić information content (AvgIpc) is 2.77. The van der Waals surface area contributed by atoms with E-state index in [-0.39, 0.29) is 17.1 Å². The molecule has 6 nitrogen and oxygen atoms in total. The maximum absolute atomic E-state index is 13.3. The molecule has 1 aliphatic rings. The summed E-state index contributed by atoms with van der Waals surface area (Å²) in [7, 11) is 6.85. The molecule has 0 aromatic heterocycles. The van der Waals surface area contributed by atoms with Crippen molar-refractivity contribution in [1.82, 2.24) is 4.90 Å². The SMILES string of the molecule is COc1cc(C)c(/C=C/C(=O)c2c(O)cc(C)c(C3CCN(C)CC3)c2OC)c(OC)c1. The first-order chi connectivity index (χ1) is 15.3. The molecule has 3 rings (SSSR count). The molecule has 1 aliphatic heterocycles. The fourth-order valence-corrected chi connectivity index (χ4v) is 4.52. The molecule has 1 saturated heterocycles. The first-order valence-corrected chi connectivity index (χ1v) is 10.8. The van der Waals surface area contributed by atoms with Crippen LogP contribution in [0.25, 0.3) is 6.08 Å². The van der Waals surface area contributed by atoms with Crippen molar-refractivity contribution in [2.24, 2.45) is 0 Å². The lowest BCUT2D eigenvalue weighted by Crippen LogP contribution is -2.29. The number of carbonyl (C=O) groups is 1. The first-order valence-electron chi connectivity index (χ1n) is 10.8. The number of aromatic hydroxyl groups is 1. The van der Waals surface area contributed by atoms with E-state index in [1.165, 1.54) is 6.08 Å². The number of benzene rings is 2. The Balaban J connectivity index is 2.01. The van der Waals surface area contributed by atoms with Gasteiger partial charge in [0, 0.05) is 17.2 Å². The van der Waals surface area contributed by atoms with Crippen LogP contribution in [0.3, 0.4) is 0 Å². The number of methoxy groups -OCH3 is 3. The summed E-state index contributed by atoms with van der Waals surface area (Å²) in [6.07, 6.45) is 5.15. The van der Waals surface area contributed by atoms with E-state index in [1.54, 1.807) is 39.5 Å². The zero-order valence-corrected chi connectivity index (χ0v) is 19.8. The molecule has 2 aromatic carbocycles. The molecule has 0 unspecified atom stereocenters. The Morgan fingerprint density at radius 2 is 1.72 bits per heavy atom. The summed E-state index contributed by atoms with van der Waals surface area (Å²) in [5, 5.41) is 10.7. The van der Waals surface area contributed by atoms with Crippen LogP contribution in [0.15, 0.2) is 24.3 Å². The molecule has 172 valence electrons. The van der Waals surface area contributed by atoms with Gasteiger partial charge in [-0.25, -0.2) is 0 Å². The quantitative estimate of drug-likeness (QED) is 0.496. The van der Waals surface area contributed by atoms with E-state index in [0.717, 1.165) is 48.2 Å². The van der Waals surface area contributed by atoms with Gasteiger partial charge >= 0.3 is 0 Å². The standard InChI is InChI=1S/C26H33NO5/c1-16-13-19(30-4)15-23(31-5)20(16)7-8-21(28)25-22(29)14-17(2)24(26(25)32-6)18-9-11-27(3)12-10-18/h7-8,13-15,18,29H,9-12H2,1-6H3/b8-7+. The third-order valence-corrected chi connectivity index (χ3v) is 6.26. The number of likely N-dealkylation sites (tertiary alicyclic amines) is 1. The molecular weight excluding hydrogens is 406 g/mol. The van der Waals surface area contributed by atoms with Crippen LogP contribution in [0.2, 0.25) is 0 Å². The minimum absolute atomic E-state index is 0.0657. The number of phenolic OH excluding ortho intramolecular Hbond substituents is 1. The Kier molecular flexibility index (Phi) is 7.46. The van der Waals surface area contributed by atoms with Crippen molar-refractivity contribution in [3.8, 4) is 23.0 Å². The van der Waals surface area contributed by atoms with Crippen molar-refractivity contribution in [2.45, 2.75) is 32.6 Å². The smallest absolute Gasteiger partial charge is 0.193 e. The first kappa shape index (κ1) is 23.7. The van der Waals surface area contributed by atoms with E-state index < -0.39 is 0 Å². The highest BCUT2D eigenvalue weighted by Gasteiger charge is 2.28. The van der Waals surface area contributed by atoms with Gasteiger partial charge in [-0.05, 0) is 88.2 Å². The number of ketones is 1. The lowest BCUT2D eigenvalue weighted by molar-refractivity contribution is 0.104. The Morgan fingerprint density at radius 3 is 2.31 bits per heavy atom. The van der Waals surface area contributed by atoms with Crippen LogP contribution in [0.4, 0.5) is 0 Å². The van der Waals surface area contributed by atoms with Crippen LogP contribution in [0.1, 0.15) is 51.4 Å². The van der Waals surface area contributed by atoms with Crippen LogP contribution >= 0.6 is 0 Å². The molecule has 0 radical (unpaired) electrons. The number of aryl methyl sites for hydroxylation is 2. The minimum atomic E-state index is -0.314. The molecule has 1 N–H and O–H groups in total. The predicted molar refractivity (Wildman–Crippen MR) is 127 cm³/mol. The van der Waals surface area contributed by atoms with Gasteiger partial charge in [0.15, 0.2) is 5.78 Å². The fraction of sp³-hybridized carbons (Fsp3) is 0.423. The second-order valence-electron chi connectivity index (χ2n) is 8.37. The van der Waals surface area contributed by atoms with Crippen LogP contribution in [-0.4, -0.2) is 57.3 Å². The van der Waals surface area contributed by atoms with Gasteiger partial charge in [0.05, 0.1) is 21.3 Å². The van der Waals surface area contributed by atoms with E-state index in [9.17, 15) is 9.90 Å². The third-order valence-electron chi connectivity index (χ3n) is 6.26. The molecule has 32 heavy (non-hydrogen) atoms. The monoisotopic (exact) mass is 439 g/mol. The average molecular weight is 440 g/mol.